The molecule has 0 amide bonds. The molecule has 4 heteroatoms. The molecule has 0 aliphatic carbocycles. The Kier molecular flexibility index (Phi) is 2.01. The maximum atomic E-state index is 12.3. The van der Waals surface area contributed by atoms with Gasteiger partial charge < -0.3 is 5.02 Å². The van der Waals surface area contributed by atoms with E-state index in [1.165, 1.54) is 6.07 Å². The molecule has 0 bridgehead atoms. The molecule has 0 radical (unpaired) electrons. The lowest BCUT2D eigenvalue weighted by Gasteiger charge is -1.93. The van der Waals surface area contributed by atoms with E-state index in [1.54, 1.807) is 0 Å². The molecule has 0 saturated carbocycles. The van der Waals surface area contributed by atoms with Crippen molar-refractivity contribution >= 4 is 12.9 Å². The second kappa shape index (κ2) is 2.79. The summed E-state index contributed by atoms with van der Waals surface area (Å²) in [5.41, 5.74) is 0.374. The van der Waals surface area contributed by atoms with Gasteiger partial charge >= 0.3 is 7.48 Å². The van der Waals surface area contributed by atoms with E-state index in [1.807, 2.05) is 0 Å². The fraction of sp³-hybridized carbons (Fsp3) is 0. The zero-order valence-corrected chi connectivity index (χ0v) is 5.14. The van der Waals surface area contributed by atoms with Crippen LogP contribution in [-0.2, 0) is 0 Å². The SMILES string of the molecule is OBc1ccc(F)c(F)c1. The topological polar surface area (TPSA) is 20.2 Å². The van der Waals surface area contributed by atoms with Gasteiger partial charge in [0.15, 0.2) is 11.6 Å². The number of halogens is 2. The molecule has 0 fully saturated rings. The van der Waals surface area contributed by atoms with Gasteiger partial charge in [-0.15, -0.1) is 0 Å². The first kappa shape index (κ1) is 7.21. The predicted octanol–water partition coefficient (Wildman–Crippen LogP) is -0.0661. The molecule has 1 rings (SSSR count). The van der Waals surface area contributed by atoms with Gasteiger partial charge in [-0.1, -0.05) is 6.07 Å². The summed E-state index contributed by atoms with van der Waals surface area (Å²) in [4.78, 5) is 0. The quantitative estimate of drug-likeness (QED) is 0.544. The van der Waals surface area contributed by atoms with Crippen LogP contribution in [0.2, 0.25) is 0 Å². The third kappa shape index (κ3) is 1.33. The largest absolute Gasteiger partial charge is 0.449 e. The second-order valence-electron chi connectivity index (χ2n) is 1.91. The van der Waals surface area contributed by atoms with Crippen molar-refractivity contribution in [2.24, 2.45) is 0 Å². The second-order valence-corrected chi connectivity index (χ2v) is 1.91. The van der Waals surface area contributed by atoms with Crippen molar-refractivity contribution in [3.63, 3.8) is 0 Å². The average Bonchev–Trinajstić information content (AvgIpc) is 1.95. The van der Waals surface area contributed by atoms with E-state index < -0.39 is 11.6 Å². The normalized spacial score (nSPS) is 9.50. The Balaban J connectivity index is 3.04. The van der Waals surface area contributed by atoms with Gasteiger partial charge in [0.05, 0.1) is 0 Å². The third-order valence-electron chi connectivity index (χ3n) is 1.17. The van der Waals surface area contributed by atoms with Gasteiger partial charge in [0.25, 0.3) is 0 Å². The Labute approximate surface area is 57.6 Å². The van der Waals surface area contributed by atoms with Crippen LogP contribution in [0.3, 0.4) is 0 Å². The molecule has 1 N–H and O–H groups in total. The van der Waals surface area contributed by atoms with Gasteiger partial charge in [-0.25, -0.2) is 8.78 Å². The van der Waals surface area contributed by atoms with Crippen molar-refractivity contribution in [3.05, 3.63) is 29.8 Å². The lowest BCUT2D eigenvalue weighted by molar-refractivity contribution is 0.509. The van der Waals surface area contributed by atoms with Crippen LogP contribution in [0, 0.1) is 11.6 Å². The molecule has 1 aromatic carbocycles. The molecule has 1 nitrogen and oxygen atoms in total. The van der Waals surface area contributed by atoms with E-state index >= 15 is 0 Å². The fourth-order valence-electron chi connectivity index (χ4n) is 0.638. The Morgan fingerprint density at radius 2 is 1.90 bits per heavy atom. The third-order valence-corrected chi connectivity index (χ3v) is 1.17. The summed E-state index contributed by atoms with van der Waals surface area (Å²) in [5.74, 6) is -1.82. The molecule has 0 aromatic heterocycles. The minimum Gasteiger partial charge on any atom is -0.449 e. The molecular formula is C6H5BF2O. The Bertz CT molecular complexity index is 239. The van der Waals surface area contributed by atoms with Crippen molar-refractivity contribution in [3.8, 4) is 0 Å². The Morgan fingerprint density at radius 1 is 1.20 bits per heavy atom. The summed E-state index contributed by atoms with van der Waals surface area (Å²) in [5, 5.41) is 8.46. The van der Waals surface area contributed by atoms with Crippen molar-refractivity contribution in [1.29, 1.82) is 0 Å². The summed E-state index contributed by atoms with van der Waals surface area (Å²) in [6.07, 6.45) is 0. The van der Waals surface area contributed by atoms with Crippen LogP contribution in [0.5, 0.6) is 0 Å². The molecule has 1 aromatic rings. The van der Waals surface area contributed by atoms with Crippen molar-refractivity contribution in [1.82, 2.24) is 0 Å². The van der Waals surface area contributed by atoms with Crippen LogP contribution in [0.25, 0.3) is 0 Å². The average molecular weight is 142 g/mol. The van der Waals surface area contributed by atoms with Crippen LogP contribution >= 0.6 is 0 Å². The highest BCUT2D eigenvalue weighted by Gasteiger charge is 2.01. The van der Waals surface area contributed by atoms with Gasteiger partial charge in [0.2, 0.25) is 0 Å². The van der Waals surface area contributed by atoms with E-state index in [0.29, 0.717) is 5.46 Å². The standard InChI is InChI=1S/C6H5BF2O/c8-5-2-1-4(7-10)3-6(5)9/h1-3,7,10H. The number of benzene rings is 1. The van der Waals surface area contributed by atoms with Gasteiger partial charge in [-0.3, -0.25) is 0 Å². The fourth-order valence-corrected chi connectivity index (χ4v) is 0.638. The van der Waals surface area contributed by atoms with E-state index in [0.717, 1.165) is 12.1 Å². The molecule has 0 atom stereocenters. The summed E-state index contributed by atoms with van der Waals surface area (Å²) in [6.45, 7) is 0. The monoisotopic (exact) mass is 142 g/mol. The first-order valence-corrected chi connectivity index (χ1v) is 2.79. The van der Waals surface area contributed by atoms with Gasteiger partial charge in [-0.2, -0.15) is 0 Å². The first-order chi connectivity index (χ1) is 4.74. The zero-order valence-electron chi connectivity index (χ0n) is 5.14. The van der Waals surface area contributed by atoms with Crippen LogP contribution < -0.4 is 5.46 Å². The molecule has 0 aliphatic heterocycles. The maximum absolute atomic E-state index is 12.3. The minimum atomic E-state index is -0.924. The number of hydrogen-bond donors (Lipinski definition) is 1. The predicted molar refractivity (Wildman–Crippen MR) is 35.4 cm³/mol. The number of hydrogen-bond acceptors (Lipinski definition) is 1. The highest BCUT2D eigenvalue weighted by atomic mass is 19.2. The van der Waals surface area contributed by atoms with E-state index in [2.05, 4.69) is 0 Å². The summed E-state index contributed by atoms with van der Waals surface area (Å²) in [6, 6.07) is 3.29. The summed E-state index contributed by atoms with van der Waals surface area (Å²) in [7, 11) is -0.267. The number of rotatable bonds is 1. The maximum Gasteiger partial charge on any atom is 0.304 e. The first-order valence-electron chi connectivity index (χ1n) is 2.79. The van der Waals surface area contributed by atoms with Crippen molar-refractivity contribution in [2.45, 2.75) is 0 Å². The molecule has 0 aliphatic rings. The van der Waals surface area contributed by atoms with Gasteiger partial charge in [-0.05, 0) is 17.6 Å². The Morgan fingerprint density at radius 3 is 2.40 bits per heavy atom. The van der Waals surface area contributed by atoms with Crippen LogP contribution in [-0.4, -0.2) is 12.5 Å². The van der Waals surface area contributed by atoms with Gasteiger partial charge in [0.1, 0.15) is 0 Å². The highest BCUT2D eigenvalue weighted by Crippen LogP contribution is 2.00. The molecular weight excluding hydrogens is 137 g/mol. The van der Waals surface area contributed by atoms with Crippen LogP contribution in [0.4, 0.5) is 8.78 Å². The molecule has 52 valence electrons. The molecule has 0 unspecified atom stereocenters. The molecule has 0 spiro atoms. The van der Waals surface area contributed by atoms with Crippen molar-refractivity contribution < 1.29 is 13.8 Å². The van der Waals surface area contributed by atoms with E-state index in [9.17, 15) is 8.78 Å². The summed E-state index contributed by atoms with van der Waals surface area (Å²) >= 11 is 0. The molecule has 10 heavy (non-hydrogen) atoms. The van der Waals surface area contributed by atoms with Crippen molar-refractivity contribution in [2.75, 3.05) is 0 Å². The lowest BCUT2D eigenvalue weighted by atomic mass is 9.89. The molecule has 0 saturated heterocycles. The highest BCUT2D eigenvalue weighted by molar-refractivity contribution is 6.45. The zero-order chi connectivity index (χ0) is 7.56. The van der Waals surface area contributed by atoms with E-state index in [4.69, 9.17) is 5.02 Å². The molecule has 0 heterocycles. The van der Waals surface area contributed by atoms with E-state index in [-0.39, 0.29) is 7.48 Å². The lowest BCUT2D eigenvalue weighted by Crippen LogP contribution is -2.13. The smallest absolute Gasteiger partial charge is 0.304 e. The Hall–Kier alpha value is -0.895. The summed E-state index contributed by atoms with van der Waals surface area (Å²) < 4.78 is 24.5. The van der Waals surface area contributed by atoms with Crippen LogP contribution in [0.15, 0.2) is 18.2 Å². The van der Waals surface area contributed by atoms with Crippen LogP contribution in [0.1, 0.15) is 0 Å². The minimum absolute atomic E-state index is 0.267. The van der Waals surface area contributed by atoms with Gasteiger partial charge in [0, 0.05) is 0 Å².